The molecule has 0 N–H and O–H groups in total. The standard InChI is InChI=1S/C72H134O6/c1-4-7-10-13-16-19-22-25-27-29-31-33-35-36-37-39-40-42-44-47-50-53-56-59-62-65-71(74)77-68-69(67-76-70(73)64-61-58-55-52-49-46-24-21-18-15-12-9-6-3)78-72(75)66-63-60-57-54-51-48-45-43-41-38-34-32-30-28-26-23-20-17-14-11-8-5-2/h9,12,18,21,46,49,69H,4-8,10-11,13-17,19-20,22-45,47-48,50-68H2,1-3H3/b12-9-,21-18-,49-46-. The lowest BCUT2D eigenvalue weighted by Crippen LogP contribution is -2.30. The second-order valence-electron chi connectivity index (χ2n) is 23.8. The molecule has 6 nitrogen and oxygen atoms in total. The minimum Gasteiger partial charge on any atom is -0.462 e. The Labute approximate surface area is 486 Å². The lowest BCUT2D eigenvalue weighted by Gasteiger charge is -2.18. The van der Waals surface area contributed by atoms with Gasteiger partial charge < -0.3 is 14.2 Å². The summed E-state index contributed by atoms with van der Waals surface area (Å²) in [6.07, 6.45) is 83.3. The molecular formula is C72H134O6. The molecule has 458 valence electrons. The number of ether oxygens (including phenoxy) is 3. The van der Waals surface area contributed by atoms with Gasteiger partial charge in [0.05, 0.1) is 0 Å². The summed E-state index contributed by atoms with van der Waals surface area (Å²) in [5.41, 5.74) is 0. The monoisotopic (exact) mass is 1100 g/mol. The van der Waals surface area contributed by atoms with Crippen molar-refractivity contribution in [1.29, 1.82) is 0 Å². The van der Waals surface area contributed by atoms with Crippen LogP contribution >= 0.6 is 0 Å². The van der Waals surface area contributed by atoms with E-state index in [1.54, 1.807) is 0 Å². The predicted molar refractivity (Wildman–Crippen MR) is 339 cm³/mol. The molecule has 78 heavy (non-hydrogen) atoms. The quantitative estimate of drug-likeness (QED) is 0.0261. The number of allylic oxidation sites excluding steroid dienone is 6. The highest BCUT2D eigenvalue weighted by atomic mass is 16.6. The Morgan fingerprint density at radius 3 is 0.782 bits per heavy atom. The van der Waals surface area contributed by atoms with Gasteiger partial charge in [0.15, 0.2) is 6.10 Å². The number of esters is 3. The fourth-order valence-corrected chi connectivity index (χ4v) is 10.7. The topological polar surface area (TPSA) is 78.9 Å². The molecule has 1 atom stereocenters. The van der Waals surface area contributed by atoms with Gasteiger partial charge >= 0.3 is 17.9 Å². The van der Waals surface area contributed by atoms with Crippen molar-refractivity contribution in [2.75, 3.05) is 13.2 Å². The third-order valence-corrected chi connectivity index (χ3v) is 15.9. The van der Waals surface area contributed by atoms with Crippen molar-refractivity contribution in [2.45, 2.75) is 393 Å². The summed E-state index contributed by atoms with van der Waals surface area (Å²) in [5, 5.41) is 0. The summed E-state index contributed by atoms with van der Waals surface area (Å²) < 4.78 is 17.0. The second kappa shape index (κ2) is 67.1. The van der Waals surface area contributed by atoms with Crippen LogP contribution in [0.2, 0.25) is 0 Å². The van der Waals surface area contributed by atoms with Crippen LogP contribution < -0.4 is 0 Å². The first-order valence-electron chi connectivity index (χ1n) is 35.0. The molecular weight excluding hydrogens is 961 g/mol. The lowest BCUT2D eigenvalue weighted by atomic mass is 10.0. The van der Waals surface area contributed by atoms with Gasteiger partial charge in [0.25, 0.3) is 0 Å². The Bertz CT molecular complexity index is 1300. The third-order valence-electron chi connectivity index (χ3n) is 15.9. The van der Waals surface area contributed by atoms with Crippen molar-refractivity contribution < 1.29 is 28.6 Å². The summed E-state index contributed by atoms with van der Waals surface area (Å²) in [4.78, 5) is 38.4. The first-order chi connectivity index (χ1) is 38.5. The lowest BCUT2D eigenvalue weighted by molar-refractivity contribution is -0.167. The van der Waals surface area contributed by atoms with Crippen molar-refractivity contribution in [3.8, 4) is 0 Å². The molecule has 6 heteroatoms. The minimum atomic E-state index is -0.781. The normalized spacial score (nSPS) is 12.2. The fraction of sp³-hybridized carbons (Fsp3) is 0.875. The number of carbonyl (C=O) groups excluding carboxylic acids is 3. The average molecular weight is 1100 g/mol. The van der Waals surface area contributed by atoms with Crippen molar-refractivity contribution in [2.24, 2.45) is 0 Å². The summed E-state index contributed by atoms with van der Waals surface area (Å²) in [5.74, 6) is -0.877. The molecule has 0 radical (unpaired) electrons. The molecule has 0 bridgehead atoms. The Morgan fingerprint density at radius 1 is 0.269 bits per heavy atom. The molecule has 0 heterocycles. The van der Waals surface area contributed by atoms with E-state index in [1.807, 2.05) is 0 Å². The summed E-state index contributed by atoms with van der Waals surface area (Å²) in [6, 6.07) is 0. The first-order valence-corrected chi connectivity index (χ1v) is 35.0. The van der Waals surface area contributed by atoms with Gasteiger partial charge in [-0.2, -0.15) is 0 Å². The number of unbranched alkanes of at least 4 members (excludes halogenated alkanes) is 48. The Kier molecular flexibility index (Phi) is 65.1. The van der Waals surface area contributed by atoms with Gasteiger partial charge in [0.1, 0.15) is 13.2 Å². The second-order valence-corrected chi connectivity index (χ2v) is 23.8. The van der Waals surface area contributed by atoms with Crippen LogP contribution in [0.25, 0.3) is 0 Å². The van der Waals surface area contributed by atoms with E-state index in [2.05, 4.69) is 57.2 Å². The SMILES string of the molecule is CC/C=C\C/C=C\C/C=C\CCCCCC(=O)OCC(COC(=O)CCCCCCCCCCCCCCCCCCCCCCCCCCC)OC(=O)CCCCCCCCCCCCCCCCCCCCCCCC. The number of hydrogen-bond donors (Lipinski definition) is 0. The molecule has 0 spiro atoms. The van der Waals surface area contributed by atoms with Gasteiger partial charge in [-0.1, -0.05) is 353 Å². The molecule has 0 aliphatic carbocycles. The summed E-state index contributed by atoms with van der Waals surface area (Å²) in [7, 11) is 0. The largest absolute Gasteiger partial charge is 0.462 e. The van der Waals surface area contributed by atoms with Gasteiger partial charge in [-0.3, -0.25) is 14.4 Å². The molecule has 0 aliphatic rings. The van der Waals surface area contributed by atoms with E-state index in [1.165, 1.54) is 263 Å². The summed E-state index contributed by atoms with van der Waals surface area (Å²) >= 11 is 0. The van der Waals surface area contributed by atoms with E-state index in [0.29, 0.717) is 19.3 Å². The molecule has 0 rings (SSSR count). The minimum absolute atomic E-state index is 0.0758. The van der Waals surface area contributed by atoms with Crippen molar-refractivity contribution >= 4 is 17.9 Å². The first kappa shape index (κ1) is 75.6. The van der Waals surface area contributed by atoms with E-state index < -0.39 is 6.10 Å². The molecule has 0 aromatic carbocycles. The van der Waals surface area contributed by atoms with E-state index in [-0.39, 0.29) is 31.1 Å². The van der Waals surface area contributed by atoms with Crippen LogP contribution in [0.15, 0.2) is 36.5 Å². The zero-order valence-corrected chi connectivity index (χ0v) is 52.7. The maximum Gasteiger partial charge on any atom is 0.306 e. The number of carbonyl (C=O) groups is 3. The van der Waals surface area contributed by atoms with Crippen LogP contribution in [0.5, 0.6) is 0 Å². The molecule has 0 aliphatic heterocycles. The average Bonchev–Trinajstić information content (AvgIpc) is 3.44. The number of rotatable bonds is 65. The van der Waals surface area contributed by atoms with Crippen molar-refractivity contribution in [3.05, 3.63) is 36.5 Å². The Hall–Kier alpha value is -2.37. The Morgan fingerprint density at radius 2 is 0.500 bits per heavy atom. The van der Waals surface area contributed by atoms with Gasteiger partial charge in [-0.15, -0.1) is 0 Å². The molecule has 0 saturated heterocycles. The van der Waals surface area contributed by atoms with E-state index >= 15 is 0 Å². The van der Waals surface area contributed by atoms with Crippen LogP contribution in [-0.2, 0) is 28.6 Å². The molecule has 0 aromatic rings. The van der Waals surface area contributed by atoms with Gasteiger partial charge in [-0.05, 0) is 51.4 Å². The van der Waals surface area contributed by atoms with Gasteiger partial charge in [-0.25, -0.2) is 0 Å². The van der Waals surface area contributed by atoms with Crippen LogP contribution in [0.1, 0.15) is 387 Å². The zero-order chi connectivity index (χ0) is 56.4. The van der Waals surface area contributed by atoms with Crippen molar-refractivity contribution in [1.82, 2.24) is 0 Å². The van der Waals surface area contributed by atoms with Gasteiger partial charge in [0.2, 0.25) is 0 Å². The molecule has 0 aromatic heterocycles. The van der Waals surface area contributed by atoms with Crippen LogP contribution in [0.4, 0.5) is 0 Å². The zero-order valence-electron chi connectivity index (χ0n) is 52.7. The predicted octanol–water partition coefficient (Wildman–Crippen LogP) is 23.9. The Balaban J connectivity index is 4.22. The van der Waals surface area contributed by atoms with Gasteiger partial charge in [0, 0.05) is 19.3 Å². The van der Waals surface area contributed by atoms with E-state index in [0.717, 1.165) is 83.5 Å². The van der Waals surface area contributed by atoms with E-state index in [4.69, 9.17) is 14.2 Å². The summed E-state index contributed by atoms with van der Waals surface area (Å²) in [6.45, 7) is 6.58. The highest BCUT2D eigenvalue weighted by Gasteiger charge is 2.19. The smallest absolute Gasteiger partial charge is 0.306 e. The fourth-order valence-electron chi connectivity index (χ4n) is 10.7. The maximum absolute atomic E-state index is 12.9. The van der Waals surface area contributed by atoms with E-state index in [9.17, 15) is 14.4 Å². The van der Waals surface area contributed by atoms with Crippen LogP contribution in [0, 0.1) is 0 Å². The van der Waals surface area contributed by atoms with Crippen LogP contribution in [0.3, 0.4) is 0 Å². The highest BCUT2D eigenvalue weighted by Crippen LogP contribution is 2.19. The maximum atomic E-state index is 12.9. The molecule has 1 unspecified atom stereocenters. The number of hydrogen-bond acceptors (Lipinski definition) is 6. The van der Waals surface area contributed by atoms with Crippen molar-refractivity contribution in [3.63, 3.8) is 0 Å². The highest BCUT2D eigenvalue weighted by molar-refractivity contribution is 5.71. The molecule has 0 fully saturated rings. The molecule has 0 saturated carbocycles. The van der Waals surface area contributed by atoms with Crippen LogP contribution in [-0.4, -0.2) is 37.2 Å². The molecule has 0 amide bonds. The third kappa shape index (κ3) is 64.5.